The summed E-state index contributed by atoms with van der Waals surface area (Å²) in [4.78, 5) is 0. The molecule has 1 rings (SSSR count). The predicted octanol–water partition coefficient (Wildman–Crippen LogP) is 2.26. The van der Waals surface area contributed by atoms with Crippen LogP contribution in [0.3, 0.4) is 0 Å². The van der Waals surface area contributed by atoms with Gasteiger partial charge >= 0.3 is 0 Å². The van der Waals surface area contributed by atoms with Gasteiger partial charge in [-0.05, 0) is 37.8 Å². The van der Waals surface area contributed by atoms with Gasteiger partial charge in [-0.15, -0.1) is 0 Å². The normalized spacial score (nSPS) is 12.7. The number of ether oxygens (including phenoxy) is 2. The van der Waals surface area contributed by atoms with Crippen LogP contribution in [-0.4, -0.2) is 38.1 Å². The number of aliphatic hydroxyl groups is 1. The Labute approximate surface area is 110 Å². The van der Waals surface area contributed by atoms with Crippen molar-refractivity contribution >= 4 is 0 Å². The second-order valence-electron chi connectivity index (χ2n) is 4.68. The van der Waals surface area contributed by atoms with Crippen LogP contribution in [0.25, 0.3) is 0 Å². The smallest absolute Gasteiger partial charge is 0.0700 e. The number of hydrogen-bond donors (Lipinski definition) is 1. The minimum absolute atomic E-state index is 0.340. The number of benzene rings is 1. The number of aliphatic hydroxyl groups excluding tert-OH is 1. The molecule has 1 atom stereocenters. The molecule has 0 amide bonds. The number of methoxy groups -OCH3 is 1. The number of hydrogen-bond acceptors (Lipinski definition) is 3. The van der Waals surface area contributed by atoms with Gasteiger partial charge in [0.05, 0.1) is 19.3 Å². The molecule has 1 aromatic rings. The largest absolute Gasteiger partial charge is 0.393 e. The van der Waals surface area contributed by atoms with Crippen molar-refractivity contribution in [1.82, 2.24) is 0 Å². The molecule has 0 aliphatic rings. The van der Waals surface area contributed by atoms with Crippen molar-refractivity contribution in [2.75, 3.05) is 26.9 Å². The van der Waals surface area contributed by atoms with Crippen LogP contribution in [0.5, 0.6) is 0 Å². The van der Waals surface area contributed by atoms with E-state index in [2.05, 4.69) is 32.0 Å². The van der Waals surface area contributed by atoms with E-state index < -0.39 is 0 Å². The third kappa shape index (κ3) is 5.63. The summed E-state index contributed by atoms with van der Waals surface area (Å²) in [6, 6.07) is 6.34. The van der Waals surface area contributed by atoms with E-state index in [1.165, 1.54) is 16.7 Å². The summed E-state index contributed by atoms with van der Waals surface area (Å²) >= 11 is 0. The lowest BCUT2D eigenvalue weighted by Gasteiger charge is -2.13. The highest BCUT2D eigenvalue weighted by molar-refractivity contribution is 5.30. The van der Waals surface area contributed by atoms with E-state index in [9.17, 15) is 5.11 Å². The van der Waals surface area contributed by atoms with Crippen molar-refractivity contribution in [2.24, 2.45) is 0 Å². The molecule has 18 heavy (non-hydrogen) atoms. The second-order valence-corrected chi connectivity index (χ2v) is 4.68. The van der Waals surface area contributed by atoms with Crippen LogP contribution in [0.1, 0.15) is 23.1 Å². The maximum absolute atomic E-state index is 9.96. The van der Waals surface area contributed by atoms with E-state index in [-0.39, 0.29) is 6.10 Å². The van der Waals surface area contributed by atoms with Crippen molar-refractivity contribution in [3.63, 3.8) is 0 Å². The molecule has 3 nitrogen and oxygen atoms in total. The average molecular weight is 252 g/mol. The first-order valence-corrected chi connectivity index (χ1v) is 6.44. The molecule has 3 heteroatoms. The Kier molecular flexibility index (Phi) is 6.94. The SMILES string of the molecule is COCCOCCC(O)Cc1cc(C)ccc1C. The van der Waals surface area contributed by atoms with Gasteiger partial charge in [0.25, 0.3) is 0 Å². The van der Waals surface area contributed by atoms with Crippen molar-refractivity contribution in [2.45, 2.75) is 32.8 Å². The zero-order valence-electron chi connectivity index (χ0n) is 11.6. The molecular weight excluding hydrogens is 228 g/mol. The van der Waals surface area contributed by atoms with Crippen molar-refractivity contribution in [3.05, 3.63) is 34.9 Å². The molecule has 1 unspecified atom stereocenters. The number of rotatable bonds is 8. The standard InChI is InChI=1S/C15H24O3/c1-12-4-5-13(2)14(10-12)11-15(16)6-7-18-9-8-17-3/h4-5,10,15-16H,6-9,11H2,1-3H3. The van der Waals surface area contributed by atoms with Crippen molar-refractivity contribution in [3.8, 4) is 0 Å². The summed E-state index contributed by atoms with van der Waals surface area (Å²) in [7, 11) is 1.65. The zero-order chi connectivity index (χ0) is 13.4. The lowest BCUT2D eigenvalue weighted by atomic mass is 9.99. The van der Waals surface area contributed by atoms with Gasteiger partial charge in [0.15, 0.2) is 0 Å². The van der Waals surface area contributed by atoms with E-state index in [0.29, 0.717) is 32.7 Å². The quantitative estimate of drug-likeness (QED) is 0.721. The predicted molar refractivity (Wildman–Crippen MR) is 72.9 cm³/mol. The molecule has 0 saturated carbocycles. The highest BCUT2D eigenvalue weighted by atomic mass is 16.5. The Morgan fingerprint density at radius 3 is 2.67 bits per heavy atom. The van der Waals surface area contributed by atoms with Gasteiger partial charge in [-0.25, -0.2) is 0 Å². The first kappa shape index (κ1) is 15.2. The Morgan fingerprint density at radius 1 is 1.17 bits per heavy atom. The van der Waals surface area contributed by atoms with E-state index in [1.807, 2.05) is 0 Å². The molecular formula is C15H24O3. The third-order valence-corrected chi connectivity index (χ3v) is 2.99. The van der Waals surface area contributed by atoms with E-state index in [4.69, 9.17) is 9.47 Å². The lowest BCUT2D eigenvalue weighted by molar-refractivity contribution is 0.0479. The fraction of sp³-hybridized carbons (Fsp3) is 0.600. The summed E-state index contributed by atoms with van der Waals surface area (Å²) < 4.78 is 10.2. The number of aryl methyl sites for hydroxylation is 2. The maximum Gasteiger partial charge on any atom is 0.0700 e. The van der Waals surface area contributed by atoms with Gasteiger partial charge < -0.3 is 14.6 Å². The molecule has 0 spiro atoms. The molecule has 0 fully saturated rings. The molecule has 0 aliphatic heterocycles. The van der Waals surface area contributed by atoms with Crippen LogP contribution in [-0.2, 0) is 15.9 Å². The Morgan fingerprint density at radius 2 is 1.94 bits per heavy atom. The molecule has 0 aromatic heterocycles. The van der Waals surface area contributed by atoms with Crippen molar-refractivity contribution in [1.29, 1.82) is 0 Å². The first-order chi connectivity index (χ1) is 8.63. The van der Waals surface area contributed by atoms with Gasteiger partial charge in [-0.3, -0.25) is 0 Å². The van der Waals surface area contributed by atoms with Crippen molar-refractivity contribution < 1.29 is 14.6 Å². The van der Waals surface area contributed by atoms with Crippen LogP contribution in [0.4, 0.5) is 0 Å². The van der Waals surface area contributed by atoms with Gasteiger partial charge in [0.1, 0.15) is 0 Å². The molecule has 102 valence electrons. The fourth-order valence-corrected chi connectivity index (χ4v) is 1.84. The maximum atomic E-state index is 9.96. The summed E-state index contributed by atoms with van der Waals surface area (Å²) in [5, 5.41) is 9.96. The van der Waals surface area contributed by atoms with Gasteiger partial charge in [0, 0.05) is 13.7 Å². The minimum Gasteiger partial charge on any atom is -0.393 e. The fourth-order valence-electron chi connectivity index (χ4n) is 1.84. The minimum atomic E-state index is -0.340. The van der Waals surface area contributed by atoms with E-state index in [1.54, 1.807) is 7.11 Å². The Balaban J connectivity index is 2.30. The highest BCUT2D eigenvalue weighted by Gasteiger charge is 2.08. The summed E-state index contributed by atoms with van der Waals surface area (Å²) in [5.74, 6) is 0. The second kappa shape index (κ2) is 8.25. The van der Waals surface area contributed by atoms with E-state index >= 15 is 0 Å². The van der Waals surface area contributed by atoms with Crippen LogP contribution >= 0.6 is 0 Å². The molecule has 1 aromatic carbocycles. The third-order valence-electron chi connectivity index (χ3n) is 2.99. The molecule has 0 heterocycles. The monoisotopic (exact) mass is 252 g/mol. The molecule has 0 saturated heterocycles. The Bertz CT molecular complexity index is 350. The zero-order valence-corrected chi connectivity index (χ0v) is 11.6. The van der Waals surface area contributed by atoms with Crippen LogP contribution in [0.2, 0.25) is 0 Å². The summed E-state index contributed by atoms with van der Waals surface area (Å²) in [5.41, 5.74) is 3.69. The van der Waals surface area contributed by atoms with Gasteiger partial charge in [-0.2, -0.15) is 0 Å². The van der Waals surface area contributed by atoms with Crippen LogP contribution in [0, 0.1) is 13.8 Å². The molecule has 0 aliphatic carbocycles. The lowest BCUT2D eigenvalue weighted by Crippen LogP contribution is -2.15. The molecule has 1 N–H and O–H groups in total. The highest BCUT2D eigenvalue weighted by Crippen LogP contribution is 2.14. The van der Waals surface area contributed by atoms with Gasteiger partial charge in [-0.1, -0.05) is 23.8 Å². The first-order valence-electron chi connectivity index (χ1n) is 6.44. The average Bonchev–Trinajstić information content (AvgIpc) is 2.33. The Hall–Kier alpha value is -0.900. The summed E-state index contributed by atoms with van der Waals surface area (Å²) in [6.07, 6.45) is 1.02. The van der Waals surface area contributed by atoms with Crippen LogP contribution < -0.4 is 0 Å². The van der Waals surface area contributed by atoms with Gasteiger partial charge in [0.2, 0.25) is 0 Å². The molecule has 0 radical (unpaired) electrons. The van der Waals surface area contributed by atoms with E-state index in [0.717, 1.165) is 0 Å². The molecule has 0 bridgehead atoms. The van der Waals surface area contributed by atoms with Crippen LogP contribution in [0.15, 0.2) is 18.2 Å². The summed E-state index contributed by atoms with van der Waals surface area (Å²) in [6.45, 7) is 5.93. The topological polar surface area (TPSA) is 38.7 Å².